The fraction of sp³-hybridized carbons (Fsp3) is 0.267. The van der Waals surface area contributed by atoms with Gasteiger partial charge in [-0.3, -0.25) is 4.79 Å². The summed E-state index contributed by atoms with van der Waals surface area (Å²) < 4.78 is 13.3. The van der Waals surface area contributed by atoms with Gasteiger partial charge in [-0.25, -0.2) is 19.6 Å². The number of aromatic nitrogens is 6. The Morgan fingerprint density at radius 2 is 2.00 bits per heavy atom. The van der Waals surface area contributed by atoms with Crippen molar-refractivity contribution in [1.82, 2.24) is 34.8 Å². The number of hydrogen-bond acceptors (Lipinski definition) is 10. The van der Waals surface area contributed by atoms with Crippen LogP contribution in [0, 0.1) is 6.92 Å². The third-order valence-corrected chi connectivity index (χ3v) is 7.34. The fourth-order valence-corrected chi connectivity index (χ4v) is 5.19. The Morgan fingerprint density at radius 3 is 2.81 bits per heavy atom. The second-order valence-corrected chi connectivity index (χ2v) is 10.1. The van der Waals surface area contributed by atoms with Crippen LogP contribution < -0.4 is 15.0 Å². The summed E-state index contributed by atoms with van der Waals surface area (Å²) in [5, 5.41) is 11.6. The Morgan fingerprint density at radius 1 is 1.12 bits per heavy atom. The maximum atomic E-state index is 12.4. The number of benzene rings is 2. The molecule has 3 aromatic heterocycles. The van der Waals surface area contributed by atoms with Crippen LogP contribution in [0.1, 0.15) is 5.56 Å². The molecular weight excluding hydrogens is 534 g/mol. The number of rotatable bonds is 8. The van der Waals surface area contributed by atoms with Gasteiger partial charge in [-0.05, 0) is 61.0 Å². The van der Waals surface area contributed by atoms with Crippen molar-refractivity contribution in [1.29, 1.82) is 0 Å². The number of carbonyl (C=O) groups excluding carboxylic acids is 1. The van der Waals surface area contributed by atoms with Crippen LogP contribution in [-0.4, -0.2) is 80.1 Å². The Labute approximate surface area is 242 Å². The van der Waals surface area contributed by atoms with Crippen LogP contribution in [0.25, 0.3) is 22.1 Å². The molecule has 0 saturated carbocycles. The van der Waals surface area contributed by atoms with Crippen LogP contribution in [0.2, 0.25) is 0 Å². The van der Waals surface area contributed by atoms with Gasteiger partial charge in [0.25, 0.3) is 0 Å². The summed E-state index contributed by atoms with van der Waals surface area (Å²) in [4.78, 5) is 30.2. The minimum absolute atomic E-state index is 0.0960. The lowest BCUT2D eigenvalue weighted by atomic mass is 10.1. The quantitative estimate of drug-likeness (QED) is 0.276. The SMILES string of the molecule is C=CC(=O)N1CCN(c2ccc3ncnc(Nc4ccc(Oc5ccc6c(c5)nnn6C)c(C)c4)c3n2)C[C@H]1COC. The predicted molar refractivity (Wildman–Crippen MR) is 160 cm³/mol. The summed E-state index contributed by atoms with van der Waals surface area (Å²) in [6.07, 6.45) is 2.87. The van der Waals surface area contributed by atoms with Crippen molar-refractivity contribution in [3.05, 3.63) is 73.1 Å². The first kappa shape index (κ1) is 27.1. The van der Waals surface area contributed by atoms with Crippen molar-refractivity contribution in [3.8, 4) is 11.5 Å². The largest absolute Gasteiger partial charge is 0.457 e. The molecule has 42 heavy (non-hydrogen) atoms. The highest BCUT2D eigenvalue weighted by atomic mass is 16.5. The lowest BCUT2D eigenvalue weighted by molar-refractivity contribution is -0.129. The first-order chi connectivity index (χ1) is 20.4. The summed E-state index contributed by atoms with van der Waals surface area (Å²) in [7, 11) is 3.49. The molecule has 1 fully saturated rings. The van der Waals surface area contributed by atoms with E-state index >= 15 is 0 Å². The lowest BCUT2D eigenvalue weighted by Crippen LogP contribution is -2.56. The van der Waals surface area contributed by atoms with Crippen LogP contribution in [0.5, 0.6) is 11.5 Å². The number of nitrogens with zero attached hydrogens (tertiary/aromatic N) is 8. The van der Waals surface area contributed by atoms with Gasteiger partial charge < -0.3 is 24.6 Å². The number of ether oxygens (including phenoxy) is 2. The van der Waals surface area contributed by atoms with Crippen LogP contribution in [0.15, 0.2) is 67.5 Å². The number of carbonyl (C=O) groups is 1. The molecule has 1 saturated heterocycles. The maximum Gasteiger partial charge on any atom is 0.246 e. The van der Waals surface area contributed by atoms with Gasteiger partial charge in [0.15, 0.2) is 5.82 Å². The average molecular weight is 566 g/mol. The third kappa shape index (κ3) is 5.31. The number of fused-ring (bicyclic) bond motifs is 2. The van der Waals surface area contributed by atoms with E-state index in [0.29, 0.717) is 43.3 Å². The highest BCUT2D eigenvalue weighted by Crippen LogP contribution is 2.31. The zero-order valence-electron chi connectivity index (χ0n) is 23.7. The summed E-state index contributed by atoms with van der Waals surface area (Å²) in [6.45, 7) is 7.83. The number of anilines is 3. The molecule has 0 unspecified atom stereocenters. The lowest BCUT2D eigenvalue weighted by Gasteiger charge is -2.41. The summed E-state index contributed by atoms with van der Waals surface area (Å²) in [5.74, 6) is 2.70. The number of amides is 1. The normalized spacial score (nSPS) is 15.3. The predicted octanol–water partition coefficient (Wildman–Crippen LogP) is 4.00. The molecule has 1 aliphatic rings. The molecule has 0 bridgehead atoms. The van der Waals surface area contributed by atoms with Crippen molar-refractivity contribution in [2.75, 3.05) is 43.6 Å². The van der Waals surface area contributed by atoms with Gasteiger partial charge in [0.2, 0.25) is 5.91 Å². The van der Waals surface area contributed by atoms with E-state index in [-0.39, 0.29) is 11.9 Å². The van der Waals surface area contributed by atoms with Crippen LogP contribution >= 0.6 is 0 Å². The molecule has 5 aromatic rings. The molecule has 1 aliphatic heterocycles. The van der Waals surface area contributed by atoms with Gasteiger partial charge in [-0.15, -0.1) is 5.10 Å². The van der Waals surface area contributed by atoms with Gasteiger partial charge in [0, 0.05) is 45.5 Å². The van der Waals surface area contributed by atoms with Crippen LogP contribution in [0.3, 0.4) is 0 Å². The maximum absolute atomic E-state index is 12.4. The first-order valence-corrected chi connectivity index (χ1v) is 13.6. The second-order valence-electron chi connectivity index (χ2n) is 10.1. The number of methoxy groups -OCH3 is 1. The Hall–Kier alpha value is -5.10. The number of pyridine rings is 1. The summed E-state index contributed by atoms with van der Waals surface area (Å²) in [5.41, 5.74) is 4.87. The molecule has 12 heteroatoms. The van der Waals surface area contributed by atoms with E-state index in [1.54, 1.807) is 16.7 Å². The molecule has 1 amide bonds. The molecule has 2 aromatic carbocycles. The molecule has 1 atom stereocenters. The molecule has 6 rings (SSSR count). The van der Waals surface area contributed by atoms with Crippen LogP contribution in [-0.2, 0) is 16.6 Å². The summed E-state index contributed by atoms with van der Waals surface area (Å²) >= 11 is 0. The topological polar surface area (TPSA) is 123 Å². The van der Waals surface area contributed by atoms with Crippen molar-refractivity contribution in [3.63, 3.8) is 0 Å². The highest BCUT2D eigenvalue weighted by Gasteiger charge is 2.30. The van der Waals surface area contributed by atoms with Crippen molar-refractivity contribution in [2.24, 2.45) is 7.05 Å². The molecular formula is C30H31N9O3. The molecule has 0 aliphatic carbocycles. The van der Waals surface area contributed by atoms with Gasteiger partial charge in [0.1, 0.15) is 34.7 Å². The Bertz CT molecular complexity index is 1790. The van der Waals surface area contributed by atoms with Crippen molar-refractivity contribution < 1.29 is 14.3 Å². The number of nitrogens with one attached hydrogen (secondary N) is 1. The molecule has 214 valence electrons. The van der Waals surface area contributed by atoms with E-state index in [9.17, 15) is 4.79 Å². The molecule has 0 spiro atoms. The fourth-order valence-electron chi connectivity index (χ4n) is 5.19. The molecule has 12 nitrogen and oxygen atoms in total. The van der Waals surface area contributed by atoms with Crippen molar-refractivity contribution in [2.45, 2.75) is 13.0 Å². The standard InChI is InChI=1S/C30H31N9O3/c1-5-28(40)39-13-12-38(16-21(39)17-41-4)27-11-8-23-29(34-27)30(32-18-31-23)33-20-6-10-26(19(2)14-20)42-22-7-9-25-24(15-22)35-36-37(25)3/h5-11,14-15,18,21H,1,12-13,16-17H2,2-4H3,(H,31,32,33)/t21-/m0/s1. The third-order valence-electron chi connectivity index (χ3n) is 7.34. The van der Waals surface area contributed by atoms with E-state index in [0.717, 1.165) is 39.4 Å². The smallest absolute Gasteiger partial charge is 0.246 e. The second kappa shape index (κ2) is 11.4. The zero-order chi connectivity index (χ0) is 29.2. The van der Waals surface area contributed by atoms with Gasteiger partial charge in [0.05, 0.1) is 23.7 Å². The van der Waals surface area contributed by atoms with E-state index in [1.165, 1.54) is 12.4 Å². The van der Waals surface area contributed by atoms with Gasteiger partial charge in [-0.2, -0.15) is 0 Å². The van der Waals surface area contributed by atoms with Crippen molar-refractivity contribution >= 4 is 45.3 Å². The minimum Gasteiger partial charge on any atom is -0.457 e. The highest BCUT2D eigenvalue weighted by molar-refractivity contribution is 5.89. The Kier molecular flexibility index (Phi) is 7.36. The minimum atomic E-state index is -0.109. The average Bonchev–Trinajstić information content (AvgIpc) is 3.38. The van der Waals surface area contributed by atoms with E-state index in [1.807, 2.05) is 62.5 Å². The Balaban J connectivity index is 1.22. The number of hydrogen-bond donors (Lipinski definition) is 1. The zero-order valence-corrected chi connectivity index (χ0v) is 23.7. The van der Waals surface area contributed by atoms with E-state index < -0.39 is 0 Å². The molecule has 1 N–H and O–H groups in total. The van der Waals surface area contributed by atoms with E-state index in [2.05, 4.69) is 37.1 Å². The monoisotopic (exact) mass is 565 g/mol. The molecule has 4 heterocycles. The first-order valence-electron chi connectivity index (χ1n) is 13.6. The molecule has 0 radical (unpaired) electrons. The number of piperazine rings is 1. The van der Waals surface area contributed by atoms with Gasteiger partial charge in [-0.1, -0.05) is 11.8 Å². The number of aryl methyl sites for hydroxylation is 2. The van der Waals surface area contributed by atoms with Gasteiger partial charge >= 0.3 is 0 Å². The summed E-state index contributed by atoms with van der Waals surface area (Å²) in [6, 6.07) is 15.3. The van der Waals surface area contributed by atoms with Crippen LogP contribution in [0.4, 0.5) is 17.3 Å². The van der Waals surface area contributed by atoms with E-state index in [4.69, 9.17) is 14.5 Å².